The third-order valence-corrected chi connectivity index (χ3v) is 3.87. The summed E-state index contributed by atoms with van der Waals surface area (Å²) >= 11 is 0. The van der Waals surface area contributed by atoms with E-state index in [1.807, 2.05) is 0 Å². The number of fused-ring (bicyclic) bond motifs is 1. The Bertz CT molecular complexity index is 903. The van der Waals surface area contributed by atoms with Gasteiger partial charge >= 0.3 is 5.97 Å². The number of nitrogens with zero attached hydrogens (tertiary/aromatic N) is 1. The number of carbonyl (C=O) groups excluding carboxylic acids is 1. The summed E-state index contributed by atoms with van der Waals surface area (Å²) in [6.45, 7) is 3.58. The molecule has 0 aliphatic heterocycles. The van der Waals surface area contributed by atoms with Crippen LogP contribution >= 0.6 is 0 Å². The molecule has 0 aliphatic carbocycles. The molecule has 2 aromatic heterocycles. The van der Waals surface area contributed by atoms with Crippen LogP contribution in [0.4, 0.5) is 0 Å². The number of furan rings is 1. The lowest BCUT2D eigenvalue weighted by Crippen LogP contribution is -2.25. The van der Waals surface area contributed by atoms with Gasteiger partial charge in [-0.05, 0) is 19.9 Å². The van der Waals surface area contributed by atoms with Gasteiger partial charge in [0.25, 0.3) is 0 Å². The second-order valence-electron chi connectivity index (χ2n) is 5.47. The maximum Gasteiger partial charge on any atom is 0.372 e. The largest absolute Gasteiger partial charge is 0.475 e. The van der Waals surface area contributed by atoms with Gasteiger partial charge in [0.05, 0.1) is 12.1 Å². The minimum absolute atomic E-state index is 0.0703. The highest BCUT2D eigenvalue weighted by atomic mass is 16.5. The van der Waals surface area contributed by atoms with Gasteiger partial charge in [-0.15, -0.1) is 0 Å². The first kappa shape index (κ1) is 15.8. The van der Waals surface area contributed by atoms with E-state index < -0.39 is 5.97 Å². The van der Waals surface area contributed by atoms with E-state index in [1.54, 1.807) is 38.1 Å². The molecule has 0 saturated heterocycles. The molecule has 0 radical (unpaired) electrons. The lowest BCUT2D eigenvalue weighted by Gasteiger charge is -2.05. The third kappa shape index (κ3) is 2.88. The topological polar surface area (TPSA) is 106 Å². The number of para-hydroxylation sites is 1. The fourth-order valence-corrected chi connectivity index (χ4v) is 2.61. The van der Waals surface area contributed by atoms with E-state index in [-0.39, 0.29) is 24.6 Å². The van der Waals surface area contributed by atoms with Crippen molar-refractivity contribution >= 4 is 22.8 Å². The van der Waals surface area contributed by atoms with E-state index in [0.29, 0.717) is 28.0 Å². The Labute approximate surface area is 137 Å². The van der Waals surface area contributed by atoms with Gasteiger partial charge in [0.15, 0.2) is 0 Å². The number of carboxylic acid groups (broad SMARTS) is 1. The average molecular weight is 328 g/mol. The van der Waals surface area contributed by atoms with E-state index in [9.17, 15) is 14.7 Å². The predicted molar refractivity (Wildman–Crippen MR) is 84.7 cm³/mol. The number of carbonyl (C=O) groups is 2. The SMILES string of the molecule is Cc1noc(C)c1CC(=O)NCc1c(C(=O)O)oc2ccccc12. The molecule has 7 heteroatoms. The number of aryl methyl sites for hydroxylation is 2. The molecule has 0 saturated carbocycles. The second kappa shape index (κ2) is 6.19. The summed E-state index contributed by atoms with van der Waals surface area (Å²) in [5, 5.41) is 16.5. The molecule has 1 aromatic carbocycles. The molecule has 1 amide bonds. The first-order chi connectivity index (χ1) is 11.5. The number of hydrogen-bond donors (Lipinski definition) is 2. The van der Waals surface area contributed by atoms with Crippen LogP contribution in [0.2, 0.25) is 0 Å². The maximum atomic E-state index is 12.2. The summed E-state index contributed by atoms with van der Waals surface area (Å²) in [4.78, 5) is 23.5. The van der Waals surface area contributed by atoms with Crippen molar-refractivity contribution in [1.82, 2.24) is 10.5 Å². The fraction of sp³-hybridized carbons (Fsp3) is 0.235. The van der Waals surface area contributed by atoms with Crippen LogP contribution in [0.25, 0.3) is 11.0 Å². The molecule has 3 aromatic rings. The number of carboxylic acids is 1. The van der Waals surface area contributed by atoms with Crippen LogP contribution in [0.3, 0.4) is 0 Å². The number of aromatic nitrogens is 1. The van der Waals surface area contributed by atoms with Gasteiger partial charge in [0.2, 0.25) is 11.7 Å². The first-order valence-corrected chi connectivity index (χ1v) is 7.39. The molecule has 0 aliphatic rings. The van der Waals surface area contributed by atoms with Crippen molar-refractivity contribution in [3.63, 3.8) is 0 Å². The monoisotopic (exact) mass is 328 g/mol. The Morgan fingerprint density at radius 3 is 2.62 bits per heavy atom. The van der Waals surface area contributed by atoms with Crippen LogP contribution in [0.1, 0.15) is 33.1 Å². The van der Waals surface area contributed by atoms with Gasteiger partial charge in [-0.25, -0.2) is 4.79 Å². The van der Waals surface area contributed by atoms with Gasteiger partial charge in [0, 0.05) is 23.1 Å². The molecule has 0 unspecified atom stereocenters. The van der Waals surface area contributed by atoms with E-state index in [0.717, 1.165) is 5.56 Å². The van der Waals surface area contributed by atoms with Crippen LogP contribution in [0.5, 0.6) is 0 Å². The standard InChI is InChI=1S/C17H16N2O5/c1-9-12(10(2)24-19-9)7-15(20)18-8-13-11-5-3-4-6-14(11)23-16(13)17(21)22/h3-6H,7-8H2,1-2H3,(H,18,20)(H,21,22). The van der Waals surface area contributed by atoms with Crippen LogP contribution in [0.15, 0.2) is 33.2 Å². The zero-order chi connectivity index (χ0) is 17.3. The molecule has 2 N–H and O–H groups in total. The summed E-state index contributed by atoms with van der Waals surface area (Å²) in [7, 11) is 0. The molecular formula is C17H16N2O5. The Balaban J connectivity index is 1.79. The summed E-state index contributed by atoms with van der Waals surface area (Å²) in [5.41, 5.74) is 2.33. The molecule has 0 atom stereocenters. The van der Waals surface area contributed by atoms with Gasteiger partial charge in [-0.3, -0.25) is 4.79 Å². The Morgan fingerprint density at radius 1 is 1.21 bits per heavy atom. The number of benzene rings is 1. The fourth-order valence-electron chi connectivity index (χ4n) is 2.61. The highest BCUT2D eigenvalue weighted by Gasteiger charge is 2.20. The minimum atomic E-state index is -1.17. The second-order valence-corrected chi connectivity index (χ2v) is 5.47. The van der Waals surface area contributed by atoms with Gasteiger partial charge in [0.1, 0.15) is 11.3 Å². The van der Waals surface area contributed by atoms with Crippen molar-refractivity contribution < 1.29 is 23.6 Å². The number of rotatable bonds is 5. The Kier molecular flexibility index (Phi) is 4.07. The van der Waals surface area contributed by atoms with Gasteiger partial charge in [-0.2, -0.15) is 0 Å². The maximum absolute atomic E-state index is 12.2. The number of hydrogen-bond acceptors (Lipinski definition) is 5. The van der Waals surface area contributed by atoms with E-state index in [2.05, 4.69) is 10.5 Å². The normalized spacial score (nSPS) is 10.9. The number of nitrogens with one attached hydrogen (secondary N) is 1. The van der Waals surface area contributed by atoms with Crippen molar-refractivity contribution in [3.05, 3.63) is 52.6 Å². The highest BCUT2D eigenvalue weighted by molar-refractivity contribution is 5.95. The van der Waals surface area contributed by atoms with Crippen LogP contribution in [-0.4, -0.2) is 22.1 Å². The lowest BCUT2D eigenvalue weighted by atomic mass is 10.1. The average Bonchev–Trinajstić information content (AvgIpc) is 3.08. The smallest absolute Gasteiger partial charge is 0.372 e. The van der Waals surface area contributed by atoms with Crippen molar-refractivity contribution in [2.75, 3.05) is 0 Å². The van der Waals surface area contributed by atoms with E-state index in [4.69, 9.17) is 8.94 Å². The molecule has 2 heterocycles. The van der Waals surface area contributed by atoms with E-state index in [1.165, 1.54) is 0 Å². The molecule has 7 nitrogen and oxygen atoms in total. The predicted octanol–water partition coefficient (Wildman–Crippen LogP) is 2.59. The van der Waals surface area contributed by atoms with Crippen molar-refractivity contribution in [2.45, 2.75) is 26.8 Å². The van der Waals surface area contributed by atoms with Gasteiger partial charge in [-0.1, -0.05) is 23.4 Å². The van der Waals surface area contributed by atoms with Crippen LogP contribution in [0, 0.1) is 13.8 Å². The number of amides is 1. The molecule has 24 heavy (non-hydrogen) atoms. The third-order valence-electron chi connectivity index (χ3n) is 3.87. The minimum Gasteiger partial charge on any atom is -0.475 e. The van der Waals surface area contributed by atoms with Crippen molar-refractivity contribution in [1.29, 1.82) is 0 Å². The van der Waals surface area contributed by atoms with E-state index >= 15 is 0 Å². The lowest BCUT2D eigenvalue weighted by molar-refractivity contribution is -0.120. The first-order valence-electron chi connectivity index (χ1n) is 7.39. The molecule has 0 fully saturated rings. The molecule has 3 rings (SSSR count). The molecular weight excluding hydrogens is 312 g/mol. The van der Waals surface area contributed by atoms with Crippen molar-refractivity contribution in [2.24, 2.45) is 0 Å². The summed E-state index contributed by atoms with van der Waals surface area (Å²) in [5.74, 6) is -0.969. The Morgan fingerprint density at radius 2 is 1.96 bits per heavy atom. The zero-order valence-corrected chi connectivity index (χ0v) is 13.3. The zero-order valence-electron chi connectivity index (χ0n) is 13.3. The highest BCUT2D eigenvalue weighted by Crippen LogP contribution is 2.26. The molecule has 0 bridgehead atoms. The summed E-state index contributed by atoms with van der Waals surface area (Å²) in [6, 6.07) is 7.01. The molecule has 124 valence electrons. The summed E-state index contributed by atoms with van der Waals surface area (Å²) < 4.78 is 10.4. The number of aromatic carboxylic acids is 1. The summed E-state index contributed by atoms with van der Waals surface area (Å²) in [6.07, 6.45) is 0.124. The van der Waals surface area contributed by atoms with Gasteiger partial charge < -0.3 is 19.4 Å². The quantitative estimate of drug-likeness (QED) is 0.746. The van der Waals surface area contributed by atoms with Crippen molar-refractivity contribution in [3.8, 4) is 0 Å². The van der Waals surface area contributed by atoms with Crippen LogP contribution < -0.4 is 5.32 Å². The molecule has 0 spiro atoms. The van der Waals surface area contributed by atoms with Crippen LogP contribution in [-0.2, 0) is 17.8 Å². The Hall–Kier alpha value is -3.09.